The topological polar surface area (TPSA) is 51.1 Å². The average Bonchev–Trinajstić information content (AvgIpc) is 2.53. The second kappa shape index (κ2) is 6.75. The molecule has 1 aromatic rings. The van der Waals surface area contributed by atoms with Crippen molar-refractivity contribution in [1.29, 1.82) is 0 Å². The second-order valence-corrected chi connectivity index (χ2v) is 8.16. The summed E-state index contributed by atoms with van der Waals surface area (Å²) in [5.74, 6) is 1.18. The third-order valence-electron chi connectivity index (χ3n) is 4.18. The van der Waals surface area contributed by atoms with E-state index < -0.39 is 5.60 Å². The highest BCUT2D eigenvalue weighted by Crippen LogP contribution is 2.35. The van der Waals surface area contributed by atoms with Crippen molar-refractivity contribution < 1.29 is 14.3 Å². The zero-order chi connectivity index (χ0) is 17.3. The van der Waals surface area contributed by atoms with E-state index in [-0.39, 0.29) is 6.09 Å². The lowest BCUT2D eigenvalue weighted by Crippen LogP contribution is -2.43. The van der Waals surface area contributed by atoms with E-state index >= 15 is 0 Å². The lowest BCUT2D eigenvalue weighted by atomic mass is 9.92. The Morgan fingerprint density at radius 2 is 2.04 bits per heavy atom. The summed E-state index contributed by atoms with van der Waals surface area (Å²) in [6, 6.07) is 5.88. The molecule has 1 saturated heterocycles. The molecular weight excluding hydrogens is 372 g/mol. The van der Waals surface area contributed by atoms with Gasteiger partial charge in [-0.3, -0.25) is 4.99 Å². The molecule has 2 heterocycles. The molecule has 0 N–H and O–H groups in total. The van der Waals surface area contributed by atoms with Gasteiger partial charge in [0, 0.05) is 23.5 Å². The fourth-order valence-electron chi connectivity index (χ4n) is 2.97. The number of carbonyl (C=O) groups is 1. The molecule has 0 atom stereocenters. The van der Waals surface area contributed by atoms with Crippen LogP contribution in [0.2, 0.25) is 0 Å². The number of hydrogen-bond acceptors (Lipinski definition) is 4. The van der Waals surface area contributed by atoms with Crippen LogP contribution >= 0.6 is 15.9 Å². The molecule has 0 radical (unpaired) electrons. The SMILES string of the molecule is CC(C)(C)OC(=O)N1CCC(C2=Nc3ccc(Br)cc3OC2)CC1. The summed E-state index contributed by atoms with van der Waals surface area (Å²) in [6.07, 6.45) is 1.57. The van der Waals surface area contributed by atoms with Crippen LogP contribution in [0.3, 0.4) is 0 Å². The lowest BCUT2D eigenvalue weighted by molar-refractivity contribution is 0.0201. The van der Waals surface area contributed by atoms with Crippen LogP contribution in [0.4, 0.5) is 10.5 Å². The number of likely N-dealkylation sites (tertiary alicyclic amines) is 1. The van der Waals surface area contributed by atoms with Gasteiger partial charge in [0.1, 0.15) is 23.6 Å². The van der Waals surface area contributed by atoms with Gasteiger partial charge in [0.2, 0.25) is 0 Å². The summed E-state index contributed by atoms with van der Waals surface area (Å²) in [7, 11) is 0. The first-order chi connectivity index (χ1) is 11.3. The predicted molar refractivity (Wildman–Crippen MR) is 97.3 cm³/mol. The number of amides is 1. The number of nitrogens with zero attached hydrogens (tertiary/aromatic N) is 2. The zero-order valence-electron chi connectivity index (χ0n) is 14.3. The highest BCUT2D eigenvalue weighted by atomic mass is 79.9. The van der Waals surface area contributed by atoms with Crippen molar-refractivity contribution in [2.75, 3.05) is 19.7 Å². The maximum Gasteiger partial charge on any atom is 0.410 e. The van der Waals surface area contributed by atoms with E-state index in [2.05, 4.69) is 15.9 Å². The largest absolute Gasteiger partial charge is 0.485 e. The molecule has 2 aliphatic heterocycles. The molecule has 0 bridgehead atoms. The number of rotatable bonds is 1. The highest BCUT2D eigenvalue weighted by molar-refractivity contribution is 9.10. The first kappa shape index (κ1) is 17.3. The molecule has 5 nitrogen and oxygen atoms in total. The van der Waals surface area contributed by atoms with Crippen LogP contribution in [-0.4, -0.2) is 42.0 Å². The standard InChI is InChI=1S/C18H23BrN2O3/c1-18(2,3)24-17(22)21-8-6-12(7-9-21)15-11-23-16-10-13(19)4-5-14(16)20-15/h4-5,10,12H,6-9,11H2,1-3H3. The van der Waals surface area contributed by atoms with E-state index in [9.17, 15) is 4.79 Å². The minimum Gasteiger partial charge on any atom is -0.485 e. The number of piperidine rings is 1. The molecule has 0 aliphatic carbocycles. The Labute approximate surface area is 151 Å². The summed E-state index contributed by atoms with van der Waals surface area (Å²) in [4.78, 5) is 18.7. The van der Waals surface area contributed by atoms with Gasteiger partial charge in [0.25, 0.3) is 0 Å². The average molecular weight is 395 g/mol. The van der Waals surface area contributed by atoms with Crippen LogP contribution in [0.25, 0.3) is 0 Å². The Bertz CT molecular complexity index is 659. The minimum absolute atomic E-state index is 0.224. The minimum atomic E-state index is -0.451. The number of benzene rings is 1. The van der Waals surface area contributed by atoms with Crippen molar-refractivity contribution in [2.45, 2.75) is 39.2 Å². The smallest absolute Gasteiger partial charge is 0.410 e. The highest BCUT2D eigenvalue weighted by Gasteiger charge is 2.30. The number of fused-ring (bicyclic) bond motifs is 1. The van der Waals surface area contributed by atoms with E-state index in [4.69, 9.17) is 14.5 Å². The van der Waals surface area contributed by atoms with Crippen molar-refractivity contribution >= 4 is 33.4 Å². The van der Waals surface area contributed by atoms with E-state index in [1.807, 2.05) is 39.0 Å². The van der Waals surface area contributed by atoms with Crippen LogP contribution in [-0.2, 0) is 4.74 Å². The number of halogens is 1. The number of carbonyl (C=O) groups excluding carboxylic acids is 1. The molecule has 1 amide bonds. The molecule has 24 heavy (non-hydrogen) atoms. The molecule has 2 aliphatic rings. The maximum absolute atomic E-state index is 12.1. The number of ether oxygens (including phenoxy) is 2. The van der Waals surface area contributed by atoms with E-state index in [0.717, 1.165) is 34.5 Å². The molecule has 1 fully saturated rings. The number of aliphatic imine (C=N–C) groups is 1. The van der Waals surface area contributed by atoms with Crippen LogP contribution < -0.4 is 4.74 Å². The fourth-order valence-corrected chi connectivity index (χ4v) is 3.31. The monoisotopic (exact) mass is 394 g/mol. The van der Waals surface area contributed by atoms with Crippen LogP contribution in [0.5, 0.6) is 5.75 Å². The van der Waals surface area contributed by atoms with Crippen molar-refractivity contribution in [3.05, 3.63) is 22.7 Å². The van der Waals surface area contributed by atoms with Gasteiger partial charge in [-0.25, -0.2) is 4.79 Å². The maximum atomic E-state index is 12.1. The van der Waals surface area contributed by atoms with E-state index in [1.54, 1.807) is 4.90 Å². The third kappa shape index (κ3) is 4.09. The molecule has 3 rings (SSSR count). The molecular formula is C18H23BrN2O3. The normalized spacial score (nSPS) is 18.5. The van der Waals surface area contributed by atoms with Gasteiger partial charge < -0.3 is 14.4 Å². The molecule has 1 aromatic carbocycles. The van der Waals surface area contributed by atoms with Gasteiger partial charge in [0.05, 0.1) is 5.71 Å². The van der Waals surface area contributed by atoms with Crippen LogP contribution in [0.15, 0.2) is 27.7 Å². The van der Waals surface area contributed by atoms with Crippen molar-refractivity contribution in [2.24, 2.45) is 10.9 Å². The fraction of sp³-hybridized carbons (Fsp3) is 0.556. The molecule has 6 heteroatoms. The van der Waals surface area contributed by atoms with Crippen LogP contribution in [0.1, 0.15) is 33.6 Å². The molecule has 0 saturated carbocycles. The molecule has 130 valence electrons. The van der Waals surface area contributed by atoms with E-state index in [1.165, 1.54) is 0 Å². The van der Waals surface area contributed by atoms with Gasteiger partial charge in [-0.05, 0) is 51.8 Å². The first-order valence-electron chi connectivity index (χ1n) is 8.29. The number of hydrogen-bond donors (Lipinski definition) is 0. The Morgan fingerprint density at radius 1 is 1.33 bits per heavy atom. The van der Waals surface area contributed by atoms with Gasteiger partial charge >= 0.3 is 6.09 Å². The van der Waals surface area contributed by atoms with E-state index in [0.29, 0.717) is 25.6 Å². The summed E-state index contributed by atoms with van der Waals surface area (Å²) in [5, 5.41) is 0. The zero-order valence-corrected chi connectivity index (χ0v) is 15.9. The lowest BCUT2D eigenvalue weighted by Gasteiger charge is -2.34. The molecule has 0 aromatic heterocycles. The van der Waals surface area contributed by atoms with Gasteiger partial charge in [-0.15, -0.1) is 0 Å². The summed E-state index contributed by atoms with van der Waals surface area (Å²) < 4.78 is 12.3. The van der Waals surface area contributed by atoms with Gasteiger partial charge in [0.15, 0.2) is 0 Å². The Balaban J connectivity index is 1.61. The van der Waals surface area contributed by atoms with Gasteiger partial charge in [-0.1, -0.05) is 15.9 Å². The van der Waals surface area contributed by atoms with Crippen LogP contribution in [0, 0.1) is 5.92 Å². The van der Waals surface area contributed by atoms with Crippen molar-refractivity contribution in [3.8, 4) is 5.75 Å². The molecule has 0 spiro atoms. The summed E-state index contributed by atoms with van der Waals surface area (Å²) in [6.45, 7) is 7.60. The van der Waals surface area contributed by atoms with Crippen molar-refractivity contribution in [1.82, 2.24) is 4.90 Å². The Kier molecular flexibility index (Phi) is 4.85. The summed E-state index contributed by atoms with van der Waals surface area (Å²) in [5.41, 5.74) is 1.51. The summed E-state index contributed by atoms with van der Waals surface area (Å²) >= 11 is 3.45. The third-order valence-corrected chi connectivity index (χ3v) is 4.67. The quantitative estimate of drug-likeness (QED) is 0.701. The molecule has 0 unspecified atom stereocenters. The Hall–Kier alpha value is -1.56. The van der Waals surface area contributed by atoms with Crippen molar-refractivity contribution in [3.63, 3.8) is 0 Å². The Morgan fingerprint density at radius 3 is 2.71 bits per heavy atom. The second-order valence-electron chi connectivity index (χ2n) is 7.25. The first-order valence-corrected chi connectivity index (χ1v) is 9.09. The predicted octanol–water partition coefficient (Wildman–Crippen LogP) is 4.56. The van der Waals surface area contributed by atoms with Gasteiger partial charge in [-0.2, -0.15) is 0 Å².